The van der Waals surface area contributed by atoms with Crippen LogP contribution in [0.5, 0.6) is 0 Å². The molecule has 0 spiro atoms. The summed E-state index contributed by atoms with van der Waals surface area (Å²) in [5.74, 6) is 1.28. The standard InChI is InChI=1S/C9H15NO2S/c11-9-10-7(6-12-9)5-8-3-1-2-4-13-8/h7-8H,1-6H2,(H,10,11). The van der Waals surface area contributed by atoms with E-state index < -0.39 is 0 Å². The molecule has 2 aliphatic rings. The number of cyclic esters (lactones) is 1. The maximum Gasteiger partial charge on any atom is 0.407 e. The zero-order valence-corrected chi connectivity index (χ0v) is 8.44. The van der Waals surface area contributed by atoms with E-state index in [2.05, 4.69) is 5.32 Å². The van der Waals surface area contributed by atoms with Crippen molar-refractivity contribution >= 4 is 17.9 Å². The van der Waals surface area contributed by atoms with Gasteiger partial charge in [0, 0.05) is 5.25 Å². The third-order valence-electron chi connectivity index (χ3n) is 2.56. The number of thioether (sulfide) groups is 1. The molecule has 0 aromatic carbocycles. The van der Waals surface area contributed by atoms with Crippen molar-refractivity contribution in [1.82, 2.24) is 5.32 Å². The topological polar surface area (TPSA) is 38.3 Å². The zero-order valence-electron chi connectivity index (χ0n) is 7.62. The van der Waals surface area contributed by atoms with Crippen LogP contribution >= 0.6 is 11.8 Å². The van der Waals surface area contributed by atoms with Crippen molar-refractivity contribution in [3.63, 3.8) is 0 Å². The monoisotopic (exact) mass is 201 g/mol. The number of amides is 1. The van der Waals surface area contributed by atoms with Gasteiger partial charge >= 0.3 is 6.09 Å². The van der Waals surface area contributed by atoms with Gasteiger partial charge in [-0.3, -0.25) is 0 Å². The third kappa shape index (κ3) is 2.53. The van der Waals surface area contributed by atoms with Gasteiger partial charge in [-0.2, -0.15) is 11.8 Å². The molecule has 2 saturated heterocycles. The molecule has 0 aromatic rings. The highest BCUT2D eigenvalue weighted by Gasteiger charge is 2.26. The van der Waals surface area contributed by atoms with Crippen LogP contribution in [0, 0.1) is 0 Å². The average molecular weight is 201 g/mol. The first-order chi connectivity index (χ1) is 6.34. The normalized spacial score (nSPS) is 34.0. The molecule has 0 aromatic heterocycles. The van der Waals surface area contributed by atoms with Gasteiger partial charge < -0.3 is 10.1 Å². The van der Waals surface area contributed by atoms with Crippen molar-refractivity contribution in [2.45, 2.75) is 37.0 Å². The van der Waals surface area contributed by atoms with Gasteiger partial charge in [0.25, 0.3) is 0 Å². The van der Waals surface area contributed by atoms with E-state index in [1.165, 1.54) is 25.0 Å². The Balaban J connectivity index is 1.73. The van der Waals surface area contributed by atoms with Crippen molar-refractivity contribution < 1.29 is 9.53 Å². The van der Waals surface area contributed by atoms with E-state index in [1.807, 2.05) is 11.8 Å². The Hall–Kier alpha value is -0.380. The van der Waals surface area contributed by atoms with Crippen LogP contribution in [0.1, 0.15) is 25.7 Å². The van der Waals surface area contributed by atoms with Crippen LogP contribution in [0.3, 0.4) is 0 Å². The van der Waals surface area contributed by atoms with E-state index >= 15 is 0 Å². The second-order valence-electron chi connectivity index (χ2n) is 3.66. The molecular formula is C9H15NO2S. The highest BCUT2D eigenvalue weighted by atomic mass is 32.2. The maximum absolute atomic E-state index is 10.8. The molecule has 2 atom stereocenters. The summed E-state index contributed by atoms with van der Waals surface area (Å²) in [5, 5.41) is 3.56. The molecule has 13 heavy (non-hydrogen) atoms. The lowest BCUT2D eigenvalue weighted by Gasteiger charge is -2.22. The number of carbonyl (C=O) groups is 1. The number of nitrogens with one attached hydrogen (secondary N) is 1. The molecule has 2 fully saturated rings. The molecule has 0 bridgehead atoms. The number of alkyl carbamates (subject to hydrolysis) is 1. The molecular weight excluding hydrogens is 186 g/mol. The lowest BCUT2D eigenvalue weighted by atomic mass is 10.1. The first kappa shape index (κ1) is 9.19. The largest absolute Gasteiger partial charge is 0.447 e. The smallest absolute Gasteiger partial charge is 0.407 e. The number of ether oxygens (including phenoxy) is 1. The van der Waals surface area contributed by atoms with E-state index in [4.69, 9.17) is 4.74 Å². The van der Waals surface area contributed by atoms with Crippen LogP contribution in [0.2, 0.25) is 0 Å². The SMILES string of the molecule is O=C1NC(CC2CCCCS2)CO1. The summed E-state index contributed by atoms with van der Waals surface area (Å²) in [6, 6.07) is 0.267. The summed E-state index contributed by atoms with van der Waals surface area (Å²) in [4.78, 5) is 10.8. The first-order valence-corrected chi connectivity index (χ1v) is 5.94. The van der Waals surface area contributed by atoms with E-state index in [0.717, 1.165) is 11.7 Å². The first-order valence-electron chi connectivity index (χ1n) is 4.89. The molecule has 2 unspecified atom stereocenters. The average Bonchev–Trinajstić information content (AvgIpc) is 2.53. The Morgan fingerprint density at radius 3 is 3.08 bits per heavy atom. The molecule has 74 valence electrons. The molecule has 1 amide bonds. The molecule has 2 rings (SSSR count). The molecule has 3 nitrogen and oxygen atoms in total. The third-order valence-corrected chi connectivity index (χ3v) is 3.98. The number of carbonyl (C=O) groups excluding carboxylic acids is 1. The Morgan fingerprint density at radius 1 is 1.54 bits per heavy atom. The van der Waals surface area contributed by atoms with Crippen molar-refractivity contribution in [3.8, 4) is 0 Å². The van der Waals surface area contributed by atoms with Gasteiger partial charge in [0.15, 0.2) is 0 Å². The fraction of sp³-hybridized carbons (Fsp3) is 0.889. The molecule has 0 radical (unpaired) electrons. The van der Waals surface area contributed by atoms with Crippen molar-refractivity contribution in [2.75, 3.05) is 12.4 Å². The Morgan fingerprint density at radius 2 is 2.46 bits per heavy atom. The maximum atomic E-state index is 10.8. The second-order valence-corrected chi connectivity index (χ2v) is 5.07. The Labute approximate surface area is 82.6 Å². The minimum Gasteiger partial charge on any atom is -0.447 e. The minimum atomic E-state index is -0.245. The van der Waals surface area contributed by atoms with E-state index in [-0.39, 0.29) is 12.1 Å². The number of hydrogen-bond acceptors (Lipinski definition) is 3. The van der Waals surface area contributed by atoms with Crippen LogP contribution < -0.4 is 5.32 Å². The van der Waals surface area contributed by atoms with Gasteiger partial charge in [0.05, 0.1) is 6.04 Å². The molecule has 2 aliphatic heterocycles. The Kier molecular flexibility index (Phi) is 2.98. The molecule has 4 heteroatoms. The second kappa shape index (κ2) is 4.22. The van der Waals surface area contributed by atoms with Crippen LogP contribution in [-0.4, -0.2) is 29.7 Å². The number of rotatable bonds is 2. The van der Waals surface area contributed by atoms with E-state index in [9.17, 15) is 4.79 Å². The highest BCUT2D eigenvalue weighted by Crippen LogP contribution is 2.28. The predicted molar refractivity (Wildman–Crippen MR) is 53.0 cm³/mol. The lowest BCUT2D eigenvalue weighted by Crippen LogP contribution is -2.30. The van der Waals surface area contributed by atoms with Gasteiger partial charge in [-0.05, 0) is 25.0 Å². The fourth-order valence-corrected chi connectivity index (χ4v) is 3.27. The van der Waals surface area contributed by atoms with Crippen LogP contribution in [0.25, 0.3) is 0 Å². The van der Waals surface area contributed by atoms with E-state index in [0.29, 0.717) is 6.61 Å². The van der Waals surface area contributed by atoms with E-state index in [1.54, 1.807) is 0 Å². The molecule has 0 saturated carbocycles. The summed E-state index contributed by atoms with van der Waals surface area (Å²) in [7, 11) is 0. The summed E-state index contributed by atoms with van der Waals surface area (Å²) < 4.78 is 4.85. The highest BCUT2D eigenvalue weighted by molar-refractivity contribution is 7.99. The molecule has 2 heterocycles. The summed E-state index contributed by atoms with van der Waals surface area (Å²) in [5.41, 5.74) is 0. The van der Waals surface area contributed by atoms with Gasteiger partial charge in [0.1, 0.15) is 6.61 Å². The van der Waals surface area contributed by atoms with Crippen molar-refractivity contribution in [2.24, 2.45) is 0 Å². The van der Waals surface area contributed by atoms with Gasteiger partial charge in [-0.1, -0.05) is 6.42 Å². The van der Waals surface area contributed by atoms with Crippen LogP contribution in [0.15, 0.2) is 0 Å². The lowest BCUT2D eigenvalue weighted by molar-refractivity contribution is 0.176. The zero-order chi connectivity index (χ0) is 9.10. The van der Waals surface area contributed by atoms with Crippen molar-refractivity contribution in [3.05, 3.63) is 0 Å². The summed E-state index contributed by atoms with van der Waals surface area (Å²) in [6.07, 6.45) is 4.84. The fourth-order valence-electron chi connectivity index (χ4n) is 1.86. The van der Waals surface area contributed by atoms with Crippen LogP contribution in [-0.2, 0) is 4.74 Å². The van der Waals surface area contributed by atoms with Gasteiger partial charge in [0.2, 0.25) is 0 Å². The number of hydrogen-bond donors (Lipinski definition) is 1. The predicted octanol–water partition coefficient (Wildman–Crippen LogP) is 1.77. The van der Waals surface area contributed by atoms with Crippen LogP contribution in [0.4, 0.5) is 4.79 Å². The Bertz CT molecular complexity index is 192. The minimum absolute atomic E-state index is 0.245. The van der Waals surface area contributed by atoms with Gasteiger partial charge in [-0.25, -0.2) is 4.79 Å². The summed E-state index contributed by atoms with van der Waals surface area (Å²) in [6.45, 7) is 0.565. The molecule has 0 aliphatic carbocycles. The molecule has 1 N–H and O–H groups in total. The quantitative estimate of drug-likeness (QED) is 0.740. The summed E-state index contributed by atoms with van der Waals surface area (Å²) >= 11 is 2.04. The van der Waals surface area contributed by atoms with Crippen molar-refractivity contribution in [1.29, 1.82) is 0 Å². The van der Waals surface area contributed by atoms with Gasteiger partial charge in [-0.15, -0.1) is 0 Å².